The summed E-state index contributed by atoms with van der Waals surface area (Å²) in [5, 5.41) is 3.93. The summed E-state index contributed by atoms with van der Waals surface area (Å²) in [6.45, 7) is 3.47. The highest BCUT2D eigenvalue weighted by molar-refractivity contribution is 7.16. The molecule has 0 unspecified atom stereocenters. The van der Waals surface area contributed by atoms with Gasteiger partial charge >= 0.3 is 5.97 Å². The molecule has 0 aliphatic carbocycles. The third-order valence-electron chi connectivity index (χ3n) is 6.56. The van der Waals surface area contributed by atoms with Crippen molar-refractivity contribution in [2.45, 2.75) is 31.7 Å². The third-order valence-corrected chi connectivity index (χ3v) is 11.0. The van der Waals surface area contributed by atoms with Crippen LogP contribution in [0.5, 0.6) is 0 Å². The molecule has 1 saturated heterocycles. The number of carbonyl (C=O) groups excluding carboxylic acids is 1. The van der Waals surface area contributed by atoms with Crippen molar-refractivity contribution in [3.8, 4) is 11.5 Å². The van der Waals surface area contributed by atoms with E-state index in [1.165, 1.54) is 0 Å². The summed E-state index contributed by atoms with van der Waals surface area (Å²) < 4.78 is 12.0. The number of benzene rings is 4. The quantitative estimate of drug-likeness (QED) is 0.166. The summed E-state index contributed by atoms with van der Waals surface area (Å²) in [4.78, 5) is 13.5. The maximum atomic E-state index is 13.5. The Hall–Kier alpha value is -3.62. The van der Waals surface area contributed by atoms with Crippen LogP contribution >= 0.6 is 11.6 Å². The molecule has 3 nitrogen and oxygen atoms in total. The Kier molecular flexibility index (Phi) is 6.79. The lowest BCUT2D eigenvalue weighted by Crippen LogP contribution is -2.66. The summed E-state index contributed by atoms with van der Waals surface area (Å²) in [7, 11) is -2.93. The molecule has 37 heavy (non-hydrogen) atoms. The molecule has 0 N–H and O–H groups in total. The molecular formula is C32H27ClO3Si. The van der Waals surface area contributed by atoms with Gasteiger partial charge in [-0.2, -0.15) is 0 Å². The van der Waals surface area contributed by atoms with Crippen LogP contribution < -0.4 is 15.6 Å². The minimum absolute atomic E-state index is 0.185. The number of carbonyl (C=O) groups is 1. The summed E-state index contributed by atoms with van der Waals surface area (Å²) in [6.07, 6.45) is 0.185. The van der Waals surface area contributed by atoms with E-state index in [1.54, 1.807) is 19.9 Å². The van der Waals surface area contributed by atoms with Gasteiger partial charge in [0.05, 0.1) is 0 Å². The second kappa shape index (κ2) is 10.0. The number of esters is 1. The van der Waals surface area contributed by atoms with E-state index in [-0.39, 0.29) is 6.42 Å². The van der Waals surface area contributed by atoms with Gasteiger partial charge in [0.25, 0.3) is 0 Å². The molecule has 1 aliphatic rings. The molecule has 0 saturated carbocycles. The van der Waals surface area contributed by atoms with Crippen molar-refractivity contribution in [3.05, 3.63) is 126 Å². The van der Waals surface area contributed by atoms with Gasteiger partial charge in [-0.1, -0.05) is 127 Å². The molecule has 184 valence electrons. The summed E-state index contributed by atoms with van der Waals surface area (Å²) in [5.41, 5.74) is 2.98. The average Bonchev–Trinajstić information content (AvgIpc) is 3.15. The van der Waals surface area contributed by atoms with Gasteiger partial charge < -0.3 is 9.47 Å². The minimum atomic E-state index is -2.93. The Labute approximate surface area is 224 Å². The average molecular weight is 523 g/mol. The van der Waals surface area contributed by atoms with Gasteiger partial charge in [0, 0.05) is 25.3 Å². The maximum Gasteiger partial charge on any atom is 0.354 e. The Morgan fingerprint density at radius 1 is 0.730 bits per heavy atom. The fraction of sp³-hybridized carbons (Fsp3) is 0.156. The number of rotatable bonds is 5. The molecule has 1 aliphatic heterocycles. The third kappa shape index (κ3) is 4.86. The van der Waals surface area contributed by atoms with Crippen molar-refractivity contribution in [2.75, 3.05) is 0 Å². The predicted molar refractivity (Wildman–Crippen MR) is 151 cm³/mol. The van der Waals surface area contributed by atoms with Crippen molar-refractivity contribution in [3.63, 3.8) is 0 Å². The van der Waals surface area contributed by atoms with Gasteiger partial charge in [-0.3, -0.25) is 0 Å². The molecule has 0 aromatic heterocycles. The van der Waals surface area contributed by atoms with Crippen LogP contribution in [0.2, 0.25) is 5.02 Å². The van der Waals surface area contributed by atoms with Crippen LogP contribution in [0.3, 0.4) is 0 Å². The van der Waals surface area contributed by atoms with Crippen LogP contribution in [0.25, 0.3) is 0 Å². The zero-order valence-corrected chi connectivity index (χ0v) is 22.5. The first-order valence-corrected chi connectivity index (χ1v) is 14.6. The van der Waals surface area contributed by atoms with Crippen LogP contribution in [0, 0.1) is 11.5 Å². The fourth-order valence-electron chi connectivity index (χ4n) is 4.90. The lowest BCUT2D eigenvalue weighted by Gasteiger charge is -2.29. The van der Waals surface area contributed by atoms with Crippen molar-refractivity contribution < 1.29 is 14.3 Å². The first kappa shape index (κ1) is 25.0. The molecule has 5 heteroatoms. The normalized spacial score (nSPS) is 18.5. The van der Waals surface area contributed by atoms with Gasteiger partial charge in [-0.05, 0) is 27.2 Å². The van der Waals surface area contributed by atoms with E-state index in [9.17, 15) is 4.79 Å². The second-order valence-electron chi connectivity index (χ2n) is 9.58. The highest BCUT2D eigenvalue weighted by Gasteiger charge is 2.54. The standard InChI is InChI=1S/C32H27ClO3Si/c1-31(2)35-30(34)32(36-31,24-25-14-12-13-21-29(25)33)22-23-37(26-15-6-3-7-16-26,27-17-8-4-9-18-27)28-19-10-5-11-20-28/h3-21H,24H2,1-2H3/t32-/m0/s1. The Morgan fingerprint density at radius 2 is 1.19 bits per heavy atom. The van der Waals surface area contributed by atoms with Gasteiger partial charge in [0.2, 0.25) is 19.5 Å². The number of halogens is 1. The number of hydrogen-bond donors (Lipinski definition) is 0. The highest BCUT2D eigenvalue weighted by Crippen LogP contribution is 2.36. The lowest BCUT2D eigenvalue weighted by molar-refractivity contribution is -0.162. The van der Waals surface area contributed by atoms with Crippen LogP contribution in [0.15, 0.2) is 115 Å². The highest BCUT2D eigenvalue weighted by atomic mass is 35.5. The van der Waals surface area contributed by atoms with Gasteiger partial charge in [0.1, 0.15) is 0 Å². The number of ether oxygens (including phenoxy) is 2. The largest absolute Gasteiger partial charge is 0.431 e. The van der Waals surface area contributed by atoms with E-state index in [1.807, 2.05) is 72.8 Å². The van der Waals surface area contributed by atoms with E-state index in [4.69, 9.17) is 21.1 Å². The zero-order valence-electron chi connectivity index (χ0n) is 20.8. The molecule has 1 atom stereocenters. The molecule has 5 rings (SSSR count). The van der Waals surface area contributed by atoms with E-state index >= 15 is 0 Å². The Morgan fingerprint density at radius 3 is 1.62 bits per heavy atom. The molecule has 0 amide bonds. The summed E-state index contributed by atoms with van der Waals surface area (Å²) in [5.74, 6) is 1.76. The predicted octanol–water partition coefficient (Wildman–Crippen LogP) is 4.64. The number of hydrogen-bond acceptors (Lipinski definition) is 3. The first-order chi connectivity index (χ1) is 17.8. The molecular weight excluding hydrogens is 496 g/mol. The molecule has 1 fully saturated rings. The Balaban J connectivity index is 1.78. The topological polar surface area (TPSA) is 35.5 Å². The summed E-state index contributed by atoms with van der Waals surface area (Å²) >= 11 is 6.51. The van der Waals surface area contributed by atoms with Gasteiger partial charge in [-0.15, -0.1) is 5.54 Å². The Bertz CT molecular complexity index is 1360. The molecule has 1 heterocycles. The molecule has 4 aromatic rings. The summed E-state index contributed by atoms with van der Waals surface area (Å²) in [6, 6.07) is 38.4. The van der Waals surface area contributed by atoms with Crippen LogP contribution in [-0.4, -0.2) is 25.4 Å². The van der Waals surface area contributed by atoms with Crippen molar-refractivity contribution >= 4 is 41.2 Å². The monoisotopic (exact) mass is 522 g/mol. The van der Waals surface area contributed by atoms with Crippen LogP contribution in [-0.2, 0) is 20.7 Å². The van der Waals surface area contributed by atoms with Crippen molar-refractivity contribution in [1.82, 2.24) is 0 Å². The zero-order chi connectivity index (χ0) is 25.9. The molecule has 0 radical (unpaired) electrons. The molecule has 0 bridgehead atoms. The second-order valence-corrected chi connectivity index (χ2v) is 13.5. The minimum Gasteiger partial charge on any atom is -0.431 e. The van der Waals surface area contributed by atoms with Crippen LogP contribution in [0.1, 0.15) is 19.4 Å². The van der Waals surface area contributed by atoms with Crippen molar-refractivity contribution in [2.24, 2.45) is 0 Å². The lowest BCUT2D eigenvalue weighted by atomic mass is 9.95. The van der Waals surface area contributed by atoms with Gasteiger partial charge in [-0.25, -0.2) is 4.79 Å². The smallest absolute Gasteiger partial charge is 0.354 e. The van der Waals surface area contributed by atoms with E-state index in [2.05, 4.69) is 47.9 Å². The van der Waals surface area contributed by atoms with E-state index < -0.39 is 25.4 Å². The molecule has 0 spiro atoms. The maximum absolute atomic E-state index is 13.5. The van der Waals surface area contributed by atoms with Crippen molar-refractivity contribution in [1.29, 1.82) is 0 Å². The number of cyclic esters (lactones) is 1. The van der Waals surface area contributed by atoms with Gasteiger partial charge in [0.15, 0.2) is 0 Å². The fourth-order valence-corrected chi connectivity index (χ4v) is 9.00. The molecule has 4 aromatic carbocycles. The van der Waals surface area contributed by atoms with E-state index in [0.29, 0.717) is 5.02 Å². The SMILES string of the molecule is CC1(C)OC(=O)[C@](C#C[Si](c2ccccc2)(c2ccccc2)c2ccccc2)(Cc2ccccc2Cl)O1. The first-order valence-electron chi connectivity index (χ1n) is 12.2. The van der Waals surface area contributed by atoms with E-state index in [0.717, 1.165) is 21.1 Å². The van der Waals surface area contributed by atoms with Crippen LogP contribution in [0.4, 0.5) is 0 Å².